The number of aromatic nitrogens is 2. The van der Waals surface area contributed by atoms with Gasteiger partial charge in [0.15, 0.2) is 0 Å². The van der Waals surface area contributed by atoms with Gasteiger partial charge >= 0.3 is 0 Å². The van der Waals surface area contributed by atoms with Crippen LogP contribution in [-0.4, -0.2) is 16.1 Å². The minimum atomic E-state index is -0.280. The van der Waals surface area contributed by atoms with E-state index >= 15 is 0 Å². The van der Waals surface area contributed by atoms with Crippen LogP contribution in [-0.2, 0) is 4.79 Å². The van der Waals surface area contributed by atoms with Crippen molar-refractivity contribution in [1.82, 2.24) is 10.2 Å². The number of nitrogens with one attached hydrogen (secondary N) is 1. The molecule has 1 aromatic heterocycles. The molecule has 2 aromatic rings. The fourth-order valence-corrected chi connectivity index (χ4v) is 2.19. The zero-order valence-electron chi connectivity index (χ0n) is 9.30. The summed E-state index contributed by atoms with van der Waals surface area (Å²) >= 11 is 1.34. The maximum absolute atomic E-state index is 11.1. The lowest BCUT2D eigenvalue weighted by Crippen LogP contribution is -2.06. The number of amides is 1. The SMILES string of the molecule is C=CC(=O)Nc1nnc(-c2ccccc2C)s1. The van der Waals surface area contributed by atoms with Gasteiger partial charge in [0.05, 0.1) is 0 Å². The number of carbonyl (C=O) groups is 1. The highest BCUT2D eigenvalue weighted by molar-refractivity contribution is 7.18. The second-order valence-electron chi connectivity index (χ2n) is 3.42. The molecule has 1 amide bonds. The zero-order chi connectivity index (χ0) is 12.3. The average molecular weight is 245 g/mol. The molecular formula is C12H11N3OS. The zero-order valence-corrected chi connectivity index (χ0v) is 10.1. The highest BCUT2D eigenvalue weighted by Crippen LogP contribution is 2.28. The minimum absolute atomic E-state index is 0.280. The van der Waals surface area contributed by atoms with Crippen LogP contribution < -0.4 is 5.32 Å². The Balaban J connectivity index is 2.27. The first-order valence-corrected chi connectivity index (χ1v) is 5.85. The van der Waals surface area contributed by atoms with Crippen LogP contribution in [0.4, 0.5) is 5.13 Å². The van der Waals surface area contributed by atoms with Crippen molar-refractivity contribution < 1.29 is 4.79 Å². The van der Waals surface area contributed by atoms with Crippen LogP contribution in [0.3, 0.4) is 0 Å². The molecule has 0 fully saturated rings. The summed E-state index contributed by atoms with van der Waals surface area (Å²) in [5.41, 5.74) is 2.16. The first-order valence-electron chi connectivity index (χ1n) is 5.03. The number of carbonyl (C=O) groups excluding carboxylic acids is 1. The van der Waals surface area contributed by atoms with Crippen molar-refractivity contribution in [2.24, 2.45) is 0 Å². The summed E-state index contributed by atoms with van der Waals surface area (Å²) in [5.74, 6) is -0.280. The molecule has 0 spiro atoms. The van der Waals surface area contributed by atoms with Gasteiger partial charge < -0.3 is 0 Å². The smallest absolute Gasteiger partial charge is 0.249 e. The molecule has 0 atom stereocenters. The Morgan fingerprint density at radius 3 is 2.88 bits per heavy atom. The fourth-order valence-electron chi connectivity index (χ4n) is 1.35. The van der Waals surface area contributed by atoms with Crippen molar-refractivity contribution in [2.75, 3.05) is 5.32 Å². The van der Waals surface area contributed by atoms with Gasteiger partial charge in [0.25, 0.3) is 0 Å². The monoisotopic (exact) mass is 245 g/mol. The minimum Gasteiger partial charge on any atom is -0.297 e. The van der Waals surface area contributed by atoms with Crippen LogP contribution in [0.2, 0.25) is 0 Å². The molecular weight excluding hydrogens is 234 g/mol. The van der Waals surface area contributed by atoms with Gasteiger partial charge in [-0.1, -0.05) is 42.2 Å². The molecule has 1 aromatic carbocycles. The van der Waals surface area contributed by atoms with Crippen LogP contribution >= 0.6 is 11.3 Å². The molecule has 1 N–H and O–H groups in total. The molecule has 5 heteroatoms. The Labute approximate surface area is 103 Å². The van der Waals surface area contributed by atoms with Crippen LogP contribution in [0, 0.1) is 6.92 Å². The number of nitrogens with zero attached hydrogens (tertiary/aromatic N) is 2. The third kappa shape index (κ3) is 2.57. The summed E-state index contributed by atoms with van der Waals surface area (Å²) in [4.78, 5) is 11.1. The number of anilines is 1. The number of hydrogen-bond donors (Lipinski definition) is 1. The van der Waals surface area contributed by atoms with Crippen LogP contribution in [0.1, 0.15) is 5.56 Å². The number of hydrogen-bond acceptors (Lipinski definition) is 4. The summed E-state index contributed by atoms with van der Waals surface area (Å²) < 4.78 is 0. The van der Waals surface area contributed by atoms with E-state index in [-0.39, 0.29) is 5.91 Å². The van der Waals surface area contributed by atoms with Crippen LogP contribution in [0.25, 0.3) is 10.6 Å². The second-order valence-corrected chi connectivity index (χ2v) is 4.40. The molecule has 4 nitrogen and oxygen atoms in total. The van der Waals surface area contributed by atoms with E-state index in [9.17, 15) is 4.79 Å². The van der Waals surface area contributed by atoms with E-state index in [1.807, 2.05) is 31.2 Å². The van der Waals surface area contributed by atoms with Gasteiger partial charge in [-0.2, -0.15) is 0 Å². The highest BCUT2D eigenvalue weighted by Gasteiger charge is 2.09. The molecule has 0 aliphatic carbocycles. The van der Waals surface area contributed by atoms with Gasteiger partial charge in [-0.3, -0.25) is 10.1 Å². The number of aryl methyl sites for hydroxylation is 1. The Kier molecular flexibility index (Phi) is 3.30. The Hall–Kier alpha value is -2.01. The molecule has 0 aliphatic rings. The molecule has 2 rings (SSSR count). The van der Waals surface area contributed by atoms with E-state index in [4.69, 9.17) is 0 Å². The summed E-state index contributed by atoms with van der Waals surface area (Å²) in [6.45, 7) is 5.39. The molecule has 17 heavy (non-hydrogen) atoms. The Bertz CT molecular complexity index is 562. The average Bonchev–Trinajstić information content (AvgIpc) is 2.78. The topological polar surface area (TPSA) is 54.9 Å². The number of rotatable bonds is 3. The van der Waals surface area contributed by atoms with Crippen LogP contribution in [0.15, 0.2) is 36.9 Å². The molecule has 86 valence electrons. The summed E-state index contributed by atoms with van der Waals surface area (Å²) in [7, 11) is 0. The van der Waals surface area contributed by atoms with E-state index < -0.39 is 0 Å². The quantitative estimate of drug-likeness (QED) is 0.846. The third-order valence-electron chi connectivity index (χ3n) is 2.22. The summed E-state index contributed by atoms with van der Waals surface area (Å²) in [5, 5.41) is 11.8. The van der Waals surface area contributed by atoms with E-state index in [0.29, 0.717) is 5.13 Å². The van der Waals surface area contributed by atoms with Crippen molar-refractivity contribution >= 4 is 22.4 Å². The summed E-state index contributed by atoms with van der Waals surface area (Å²) in [6.07, 6.45) is 1.20. The van der Waals surface area contributed by atoms with E-state index in [2.05, 4.69) is 22.1 Å². The lowest BCUT2D eigenvalue weighted by molar-refractivity contribution is -0.111. The maximum atomic E-state index is 11.1. The number of benzene rings is 1. The largest absolute Gasteiger partial charge is 0.297 e. The first kappa shape index (κ1) is 11.5. The standard InChI is InChI=1S/C12H11N3OS/c1-3-10(16)13-12-15-14-11(17-12)9-7-5-4-6-8(9)2/h3-7H,1H2,2H3,(H,13,15,16). The van der Waals surface area contributed by atoms with Gasteiger partial charge in [-0.05, 0) is 18.6 Å². The molecule has 0 radical (unpaired) electrons. The molecule has 0 saturated carbocycles. The van der Waals surface area contributed by atoms with Gasteiger partial charge in [-0.25, -0.2) is 0 Å². The third-order valence-corrected chi connectivity index (χ3v) is 3.09. The lowest BCUT2D eigenvalue weighted by atomic mass is 10.1. The van der Waals surface area contributed by atoms with Crippen molar-refractivity contribution in [3.63, 3.8) is 0 Å². The van der Waals surface area contributed by atoms with Crippen LogP contribution in [0.5, 0.6) is 0 Å². The maximum Gasteiger partial charge on any atom is 0.249 e. The molecule has 0 aliphatic heterocycles. The second kappa shape index (κ2) is 4.88. The van der Waals surface area contributed by atoms with E-state index in [0.717, 1.165) is 16.1 Å². The van der Waals surface area contributed by atoms with Gasteiger partial charge in [0.1, 0.15) is 5.01 Å². The summed E-state index contributed by atoms with van der Waals surface area (Å²) in [6, 6.07) is 7.92. The molecule has 0 unspecified atom stereocenters. The Morgan fingerprint density at radius 1 is 1.41 bits per heavy atom. The predicted octanol–water partition coefficient (Wildman–Crippen LogP) is 2.64. The van der Waals surface area contributed by atoms with Crippen molar-refractivity contribution in [1.29, 1.82) is 0 Å². The normalized spacial score (nSPS) is 9.94. The lowest BCUT2D eigenvalue weighted by Gasteiger charge is -1.98. The van der Waals surface area contributed by atoms with Gasteiger partial charge in [0, 0.05) is 5.56 Å². The molecule has 0 bridgehead atoms. The van der Waals surface area contributed by atoms with Gasteiger partial charge in [-0.15, -0.1) is 10.2 Å². The Morgan fingerprint density at radius 2 is 2.18 bits per heavy atom. The van der Waals surface area contributed by atoms with E-state index in [1.54, 1.807) is 0 Å². The van der Waals surface area contributed by atoms with Gasteiger partial charge in [0.2, 0.25) is 11.0 Å². The molecule has 0 saturated heterocycles. The fraction of sp³-hybridized carbons (Fsp3) is 0.0833. The van der Waals surface area contributed by atoms with Crippen molar-refractivity contribution in [3.05, 3.63) is 42.5 Å². The van der Waals surface area contributed by atoms with Crippen molar-refractivity contribution in [3.8, 4) is 10.6 Å². The molecule has 1 heterocycles. The predicted molar refractivity (Wildman–Crippen MR) is 68.9 cm³/mol. The van der Waals surface area contributed by atoms with Crippen molar-refractivity contribution in [2.45, 2.75) is 6.92 Å². The first-order chi connectivity index (χ1) is 8.20. The van der Waals surface area contributed by atoms with E-state index in [1.165, 1.54) is 17.4 Å². The highest BCUT2D eigenvalue weighted by atomic mass is 32.1.